The van der Waals surface area contributed by atoms with Gasteiger partial charge in [0.15, 0.2) is 5.78 Å². The molecule has 0 radical (unpaired) electrons. The third-order valence-electron chi connectivity index (χ3n) is 4.20. The van der Waals surface area contributed by atoms with Crippen molar-refractivity contribution in [2.45, 2.75) is 12.3 Å². The van der Waals surface area contributed by atoms with Crippen LogP contribution in [-0.4, -0.2) is 12.9 Å². The monoisotopic (exact) mass is 383 g/mol. The second-order valence-electron chi connectivity index (χ2n) is 5.94. The first kappa shape index (κ1) is 18.3. The molecule has 1 atom stereocenters. The standard InChI is InChI=1S/C21H15Cl2NO2/c1-26-20-5-4-13-6-15(3-2-14(13)9-20)21(25)10-17(12-24)16-7-18(22)11-19(23)8-16/h2-9,11,17H,10H2,1H3/t17-/m1/s1. The Balaban J connectivity index is 1.86. The molecule has 0 saturated heterocycles. The number of hydrogen-bond donors (Lipinski definition) is 0. The van der Waals surface area contributed by atoms with Crippen LogP contribution in [-0.2, 0) is 0 Å². The Bertz CT molecular complexity index is 1000. The average Bonchev–Trinajstić information content (AvgIpc) is 2.64. The molecule has 0 aromatic heterocycles. The summed E-state index contributed by atoms with van der Waals surface area (Å²) in [5.41, 5.74) is 1.21. The van der Waals surface area contributed by atoms with Gasteiger partial charge in [-0.1, -0.05) is 41.4 Å². The molecule has 0 aliphatic rings. The Hall–Kier alpha value is -2.54. The van der Waals surface area contributed by atoms with Crippen molar-refractivity contribution in [3.8, 4) is 11.8 Å². The van der Waals surface area contributed by atoms with E-state index in [1.165, 1.54) is 0 Å². The van der Waals surface area contributed by atoms with Gasteiger partial charge in [-0.2, -0.15) is 5.26 Å². The van der Waals surface area contributed by atoms with Crippen molar-refractivity contribution in [2.24, 2.45) is 0 Å². The van der Waals surface area contributed by atoms with E-state index in [4.69, 9.17) is 27.9 Å². The van der Waals surface area contributed by atoms with Gasteiger partial charge in [-0.15, -0.1) is 0 Å². The number of Topliss-reactive ketones (excluding diaryl/α,β-unsaturated/α-hetero) is 1. The number of fused-ring (bicyclic) bond motifs is 1. The average molecular weight is 384 g/mol. The summed E-state index contributed by atoms with van der Waals surface area (Å²) in [5.74, 6) is 0.0505. The fourth-order valence-electron chi connectivity index (χ4n) is 2.84. The van der Waals surface area contributed by atoms with Gasteiger partial charge in [-0.3, -0.25) is 4.79 Å². The Morgan fingerprint density at radius 2 is 1.69 bits per heavy atom. The van der Waals surface area contributed by atoms with E-state index in [0.717, 1.165) is 16.5 Å². The zero-order valence-corrected chi connectivity index (χ0v) is 15.5. The molecule has 26 heavy (non-hydrogen) atoms. The van der Waals surface area contributed by atoms with Crippen LogP contribution in [0, 0.1) is 11.3 Å². The second-order valence-corrected chi connectivity index (χ2v) is 6.81. The number of methoxy groups -OCH3 is 1. The summed E-state index contributed by atoms with van der Waals surface area (Å²) >= 11 is 12.0. The van der Waals surface area contributed by atoms with E-state index in [1.807, 2.05) is 30.3 Å². The molecule has 0 N–H and O–H groups in total. The number of nitrogens with zero attached hydrogens (tertiary/aromatic N) is 1. The zero-order valence-electron chi connectivity index (χ0n) is 14.0. The van der Waals surface area contributed by atoms with Crippen LogP contribution in [0.15, 0.2) is 54.6 Å². The highest BCUT2D eigenvalue weighted by Crippen LogP contribution is 2.28. The number of halogens is 2. The van der Waals surface area contributed by atoms with Crippen LogP contribution in [0.25, 0.3) is 10.8 Å². The fourth-order valence-corrected chi connectivity index (χ4v) is 3.38. The number of ether oxygens (including phenoxy) is 1. The molecule has 5 heteroatoms. The molecule has 3 aromatic carbocycles. The number of benzene rings is 3. The summed E-state index contributed by atoms with van der Waals surface area (Å²) in [6, 6.07) is 18.2. The number of nitriles is 1. The van der Waals surface area contributed by atoms with Gasteiger partial charge in [-0.25, -0.2) is 0 Å². The molecule has 0 amide bonds. The molecule has 3 rings (SSSR count). The van der Waals surface area contributed by atoms with Gasteiger partial charge in [0.25, 0.3) is 0 Å². The number of ketones is 1. The lowest BCUT2D eigenvalue weighted by Gasteiger charge is -2.11. The van der Waals surface area contributed by atoms with Crippen molar-refractivity contribution in [3.63, 3.8) is 0 Å². The van der Waals surface area contributed by atoms with Crippen molar-refractivity contribution in [1.29, 1.82) is 5.26 Å². The third kappa shape index (κ3) is 3.99. The molecular formula is C21H15Cl2NO2. The predicted octanol–water partition coefficient (Wildman–Crippen LogP) is 6.04. The van der Waals surface area contributed by atoms with Gasteiger partial charge >= 0.3 is 0 Å². The third-order valence-corrected chi connectivity index (χ3v) is 4.64. The summed E-state index contributed by atoms with van der Waals surface area (Å²) < 4.78 is 5.21. The normalized spacial score (nSPS) is 11.8. The predicted molar refractivity (Wildman–Crippen MR) is 104 cm³/mol. The van der Waals surface area contributed by atoms with E-state index in [1.54, 1.807) is 31.4 Å². The second kappa shape index (κ2) is 7.78. The van der Waals surface area contributed by atoms with Crippen LogP contribution in [0.3, 0.4) is 0 Å². The van der Waals surface area contributed by atoms with Gasteiger partial charge in [0.05, 0.1) is 19.1 Å². The van der Waals surface area contributed by atoms with Crippen molar-refractivity contribution < 1.29 is 9.53 Å². The van der Waals surface area contributed by atoms with E-state index in [2.05, 4.69) is 6.07 Å². The van der Waals surface area contributed by atoms with Crippen LogP contribution < -0.4 is 4.74 Å². The lowest BCUT2D eigenvalue weighted by molar-refractivity contribution is 0.0979. The highest BCUT2D eigenvalue weighted by atomic mass is 35.5. The van der Waals surface area contributed by atoms with E-state index >= 15 is 0 Å². The molecule has 0 unspecified atom stereocenters. The van der Waals surface area contributed by atoms with E-state index in [0.29, 0.717) is 21.2 Å². The number of hydrogen-bond acceptors (Lipinski definition) is 3. The first-order valence-corrected chi connectivity index (χ1v) is 8.72. The molecule has 0 bridgehead atoms. The smallest absolute Gasteiger partial charge is 0.164 e. The zero-order chi connectivity index (χ0) is 18.7. The lowest BCUT2D eigenvalue weighted by Crippen LogP contribution is -2.06. The van der Waals surface area contributed by atoms with Crippen molar-refractivity contribution in [1.82, 2.24) is 0 Å². The van der Waals surface area contributed by atoms with Crippen LogP contribution in [0.2, 0.25) is 10.0 Å². The van der Waals surface area contributed by atoms with Crippen LogP contribution in [0.4, 0.5) is 0 Å². The first-order chi connectivity index (χ1) is 12.5. The molecule has 130 valence electrons. The maximum atomic E-state index is 12.7. The van der Waals surface area contributed by atoms with E-state index in [9.17, 15) is 10.1 Å². The highest BCUT2D eigenvalue weighted by molar-refractivity contribution is 6.34. The van der Waals surface area contributed by atoms with Crippen LogP contribution in [0.5, 0.6) is 5.75 Å². The molecule has 0 saturated carbocycles. The maximum Gasteiger partial charge on any atom is 0.164 e. The molecule has 0 fully saturated rings. The largest absolute Gasteiger partial charge is 0.497 e. The molecule has 3 aromatic rings. The summed E-state index contributed by atoms with van der Waals surface area (Å²) in [7, 11) is 1.61. The van der Waals surface area contributed by atoms with Gasteiger partial charge < -0.3 is 4.74 Å². The minimum Gasteiger partial charge on any atom is -0.497 e. The fraction of sp³-hybridized carbons (Fsp3) is 0.143. The Kier molecular flexibility index (Phi) is 5.46. The number of carbonyl (C=O) groups is 1. The number of rotatable bonds is 5. The summed E-state index contributed by atoms with van der Waals surface area (Å²) in [5, 5.41) is 12.3. The Morgan fingerprint density at radius 1 is 1.04 bits per heavy atom. The van der Waals surface area contributed by atoms with Crippen LogP contribution in [0.1, 0.15) is 28.3 Å². The van der Waals surface area contributed by atoms with Crippen molar-refractivity contribution in [2.75, 3.05) is 7.11 Å². The SMILES string of the molecule is COc1ccc2cc(C(=O)C[C@H](C#N)c3cc(Cl)cc(Cl)c3)ccc2c1. The first-order valence-electron chi connectivity index (χ1n) is 7.97. The molecule has 0 heterocycles. The molecule has 0 aliphatic carbocycles. The van der Waals surface area contributed by atoms with Crippen molar-refractivity contribution >= 4 is 39.8 Å². The molecule has 0 aliphatic heterocycles. The molecular weight excluding hydrogens is 369 g/mol. The molecule has 0 spiro atoms. The highest BCUT2D eigenvalue weighted by Gasteiger charge is 2.18. The minimum absolute atomic E-state index is 0.0643. The molecule has 3 nitrogen and oxygen atoms in total. The van der Waals surface area contributed by atoms with Gasteiger partial charge in [0.1, 0.15) is 5.75 Å². The number of carbonyl (C=O) groups excluding carboxylic acids is 1. The minimum atomic E-state index is -0.606. The lowest BCUT2D eigenvalue weighted by atomic mass is 9.92. The Labute approximate surface area is 161 Å². The topological polar surface area (TPSA) is 50.1 Å². The Morgan fingerprint density at radius 3 is 2.35 bits per heavy atom. The van der Waals surface area contributed by atoms with Gasteiger partial charge in [-0.05, 0) is 52.7 Å². The summed E-state index contributed by atoms with van der Waals surface area (Å²) in [4.78, 5) is 12.7. The summed E-state index contributed by atoms with van der Waals surface area (Å²) in [6.07, 6.45) is 0.0643. The van der Waals surface area contributed by atoms with E-state index in [-0.39, 0.29) is 12.2 Å². The summed E-state index contributed by atoms with van der Waals surface area (Å²) in [6.45, 7) is 0. The maximum absolute atomic E-state index is 12.7. The van der Waals surface area contributed by atoms with Gasteiger partial charge in [0.2, 0.25) is 0 Å². The quantitative estimate of drug-likeness (QED) is 0.504. The van der Waals surface area contributed by atoms with Gasteiger partial charge in [0, 0.05) is 22.0 Å². The van der Waals surface area contributed by atoms with Crippen LogP contribution >= 0.6 is 23.2 Å². The van der Waals surface area contributed by atoms with E-state index < -0.39 is 5.92 Å². The van der Waals surface area contributed by atoms with Crippen molar-refractivity contribution in [3.05, 3.63) is 75.8 Å².